The summed E-state index contributed by atoms with van der Waals surface area (Å²) in [4.78, 5) is 12.4. The fourth-order valence-electron chi connectivity index (χ4n) is 3.21. The molecule has 1 unspecified atom stereocenters. The molecular formula is C17H25N5O. The Morgan fingerprint density at radius 1 is 1.48 bits per heavy atom. The van der Waals surface area contributed by atoms with Crippen LogP contribution in [0.25, 0.3) is 0 Å². The summed E-state index contributed by atoms with van der Waals surface area (Å²) >= 11 is 0. The standard InChI is InChI=1S/C17H25N5O/c1-10(2)22-9-13-6-5-7-15(17(13)21-22)18-16(23)8-14-11(3)19-20-12(14)4/h9-10,15H,5-8H2,1-4H3,(H,18,23)(H,19,20). The molecule has 0 radical (unpaired) electrons. The number of aromatic nitrogens is 4. The Balaban J connectivity index is 1.73. The van der Waals surface area contributed by atoms with Gasteiger partial charge in [0, 0.05) is 23.5 Å². The number of carbonyl (C=O) groups is 1. The Morgan fingerprint density at radius 2 is 2.26 bits per heavy atom. The fraction of sp³-hybridized carbons (Fsp3) is 0.588. The summed E-state index contributed by atoms with van der Waals surface area (Å²) in [5.41, 5.74) is 5.16. The highest BCUT2D eigenvalue weighted by Gasteiger charge is 2.26. The van der Waals surface area contributed by atoms with Crippen LogP contribution in [-0.4, -0.2) is 25.9 Å². The summed E-state index contributed by atoms with van der Waals surface area (Å²) in [5.74, 6) is 0.0366. The number of H-pyrrole nitrogens is 1. The summed E-state index contributed by atoms with van der Waals surface area (Å²) in [5, 5.41) is 14.9. The van der Waals surface area contributed by atoms with Crippen LogP contribution in [0.2, 0.25) is 0 Å². The Labute approximate surface area is 136 Å². The smallest absolute Gasteiger partial charge is 0.225 e. The zero-order valence-electron chi connectivity index (χ0n) is 14.3. The van der Waals surface area contributed by atoms with Crippen molar-refractivity contribution in [3.63, 3.8) is 0 Å². The van der Waals surface area contributed by atoms with Gasteiger partial charge in [-0.15, -0.1) is 0 Å². The minimum atomic E-state index is 0.0266. The van der Waals surface area contributed by atoms with Gasteiger partial charge in [-0.05, 0) is 52.5 Å². The van der Waals surface area contributed by atoms with Crippen molar-refractivity contribution >= 4 is 5.91 Å². The Bertz CT molecular complexity index is 693. The molecule has 0 saturated carbocycles. The number of aryl methyl sites for hydroxylation is 3. The van der Waals surface area contributed by atoms with Crippen LogP contribution in [0.15, 0.2) is 6.20 Å². The van der Waals surface area contributed by atoms with Crippen molar-refractivity contribution in [1.82, 2.24) is 25.3 Å². The number of carbonyl (C=O) groups excluding carboxylic acids is 1. The van der Waals surface area contributed by atoms with Gasteiger partial charge in [0.1, 0.15) is 0 Å². The largest absolute Gasteiger partial charge is 0.347 e. The Morgan fingerprint density at radius 3 is 2.91 bits per heavy atom. The minimum absolute atomic E-state index is 0.0266. The van der Waals surface area contributed by atoms with Gasteiger partial charge in [0.25, 0.3) is 0 Å². The topological polar surface area (TPSA) is 75.6 Å². The first kappa shape index (κ1) is 15.8. The Kier molecular flexibility index (Phi) is 4.24. The molecule has 6 heteroatoms. The van der Waals surface area contributed by atoms with E-state index in [1.807, 2.05) is 18.5 Å². The van der Waals surface area contributed by atoms with Gasteiger partial charge >= 0.3 is 0 Å². The molecule has 0 bridgehead atoms. The maximum Gasteiger partial charge on any atom is 0.225 e. The first-order chi connectivity index (χ1) is 11.0. The quantitative estimate of drug-likeness (QED) is 0.910. The van der Waals surface area contributed by atoms with E-state index in [0.717, 1.165) is 41.9 Å². The second-order valence-corrected chi connectivity index (χ2v) is 6.72. The van der Waals surface area contributed by atoms with Crippen molar-refractivity contribution in [3.05, 3.63) is 34.4 Å². The molecule has 1 aliphatic rings. The third-order valence-electron chi connectivity index (χ3n) is 4.59. The maximum atomic E-state index is 12.4. The molecule has 0 aliphatic heterocycles. The fourth-order valence-corrected chi connectivity index (χ4v) is 3.21. The van der Waals surface area contributed by atoms with Crippen molar-refractivity contribution in [2.45, 2.75) is 65.5 Å². The van der Waals surface area contributed by atoms with Gasteiger partial charge in [-0.3, -0.25) is 14.6 Å². The molecule has 2 aromatic rings. The molecule has 23 heavy (non-hydrogen) atoms. The van der Waals surface area contributed by atoms with Crippen LogP contribution in [0, 0.1) is 13.8 Å². The number of hydrogen-bond donors (Lipinski definition) is 2. The van der Waals surface area contributed by atoms with Gasteiger partial charge in [-0.2, -0.15) is 10.2 Å². The molecule has 0 aromatic carbocycles. The monoisotopic (exact) mass is 315 g/mol. The summed E-state index contributed by atoms with van der Waals surface area (Å²) < 4.78 is 2.00. The van der Waals surface area contributed by atoms with Crippen molar-refractivity contribution in [2.75, 3.05) is 0 Å². The lowest BCUT2D eigenvalue weighted by Gasteiger charge is -2.22. The molecular weight excluding hydrogens is 290 g/mol. The van der Waals surface area contributed by atoms with E-state index < -0.39 is 0 Å². The highest BCUT2D eigenvalue weighted by Crippen LogP contribution is 2.29. The minimum Gasteiger partial charge on any atom is -0.347 e. The van der Waals surface area contributed by atoms with E-state index in [9.17, 15) is 4.79 Å². The van der Waals surface area contributed by atoms with Gasteiger partial charge in [-0.1, -0.05) is 0 Å². The molecule has 124 valence electrons. The number of amides is 1. The Hall–Kier alpha value is -2.11. The summed E-state index contributed by atoms with van der Waals surface area (Å²) in [7, 11) is 0. The van der Waals surface area contributed by atoms with Crippen LogP contribution in [0.4, 0.5) is 0 Å². The van der Waals surface area contributed by atoms with Crippen LogP contribution >= 0.6 is 0 Å². The van der Waals surface area contributed by atoms with Crippen LogP contribution in [-0.2, 0) is 17.6 Å². The highest BCUT2D eigenvalue weighted by atomic mass is 16.1. The molecule has 2 aromatic heterocycles. The number of rotatable bonds is 4. The van der Waals surface area contributed by atoms with E-state index in [-0.39, 0.29) is 11.9 Å². The molecule has 2 N–H and O–H groups in total. The number of nitrogens with one attached hydrogen (secondary N) is 2. The summed E-state index contributed by atoms with van der Waals surface area (Å²) in [6.45, 7) is 8.12. The predicted molar refractivity (Wildman–Crippen MR) is 88.2 cm³/mol. The van der Waals surface area contributed by atoms with E-state index in [1.54, 1.807) is 0 Å². The average molecular weight is 315 g/mol. The van der Waals surface area contributed by atoms with Crippen LogP contribution < -0.4 is 5.32 Å². The van der Waals surface area contributed by atoms with E-state index in [1.165, 1.54) is 5.56 Å². The van der Waals surface area contributed by atoms with Crippen molar-refractivity contribution < 1.29 is 4.79 Å². The van der Waals surface area contributed by atoms with Gasteiger partial charge in [0.2, 0.25) is 5.91 Å². The first-order valence-corrected chi connectivity index (χ1v) is 8.33. The molecule has 2 heterocycles. The SMILES string of the molecule is Cc1n[nH]c(C)c1CC(=O)NC1CCCc2cn(C(C)C)nc21. The lowest BCUT2D eigenvalue weighted by atomic mass is 9.93. The summed E-state index contributed by atoms with van der Waals surface area (Å²) in [6, 6.07) is 0.368. The van der Waals surface area contributed by atoms with E-state index in [0.29, 0.717) is 12.5 Å². The second-order valence-electron chi connectivity index (χ2n) is 6.72. The lowest BCUT2D eigenvalue weighted by Crippen LogP contribution is -2.32. The van der Waals surface area contributed by atoms with Gasteiger partial charge in [0.05, 0.1) is 23.9 Å². The van der Waals surface area contributed by atoms with E-state index in [4.69, 9.17) is 5.10 Å². The number of nitrogens with zero attached hydrogens (tertiary/aromatic N) is 3. The molecule has 1 aliphatic carbocycles. The van der Waals surface area contributed by atoms with Crippen molar-refractivity contribution in [2.24, 2.45) is 0 Å². The highest BCUT2D eigenvalue weighted by molar-refractivity contribution is 5.79. The molecule has 6 nitrogen and oxygen atoms in total. The summed E-state index contributed by atoms with van der Waals surface area (Å²) in [6.07, 6.45) is 5.59. The molecule has 1 atom stereocenters. The average Bonchev–Trinajstić information content (AvgIpc) is 3.07. The zero-order chi connectivity index (χ0) is 16.6. The molecule has 0 spiro atoms. The van der Waals surface area contributed by atoms with Crippen LogP contribution in [0.1, 0.15) is 67.0 Å². The van der Waals surface area contributed by atoms with Crippen molar-refractivity contribution in [1.29, 1.82) is 0 Å². The van der Waals surface area contributed by atoms with E-state index >= 15 is 0 Å². The zero-order valence-corrected chi connectivity index (χ0v) is 14.3. The number of hydrogen-bond acceptors (Lipinski definition) is 3. The maximum absolute atomic E-state index is 12.4. The van der Waals surface area contributed by atoms with Crippen LogP contribution in [0.5, 0.6) is 0 Å². The van der Waals surface area contributed by atoms with Crippen LogP contribution in [0.3, 0.4) is 0 Å². The van der Waals surface area contributed by atoms with Gasteiger partial charge in [-0.25, -0.2) is 0 Å². The first-order valence-electron chi connectivity index (χ1n) is 8.33. The third kappa shape index (κ3) is 3.16. The molecule has 0 saturated heterocycles. The molecule has 1 amide bonds. The number of aromatic amines is 1. The normalized spacial score (nSPS) is 17.3. The lowest BCUT2D eigenvalue weighted by molar-refractivity contribution is -0.121. The van der Waals surface area contributed by atoms with Gasteiger partial charge < -0.3 is 5.32 Å². The molecule has 3 rings (SSSR count). The van der Waals surface area contributed by atoms with Gasteiger partial charge in [0.15, 0.2) is 0 Å². The molecule has 0 fully saturated rings. The van der Waals surface area contributed by atoms with E-state index in [2.05, 4.69) is 35.6 Å². The number of fused-ring (bicyclic) bond motifs is 1. The third-order valence-corrected chi connectivity index (χ3v) is 4.59. The second kappa shape index (κ2) is 6.18. The predicted octanol–water partition coefficient (Wildman–Crippen LogP) is 2.54. The van der Waals surface area contributed by atoms with Crippen molar-refractivity contribution in [3.8, 4) is 0 Å².